The molecule has 1 rings (SSSR count). The SMILES string of the molecule is CCCC(Br)Cc1ccnc(N(C)C)n1. The van der Waals surface area contributed by atoms with Gasteiger partial charge in [0, 0.05) is 37.2 Å². The Morgan fingerprint density at radius 1 is 1.47 bits per heavy atom. The van der Waals surface area contributed by atoms with Crippen molar-refractivity contribution in [2.45, 2.75) is 31.0 Å². The maximum atomic E-state index is 4.48. The van der Waals surface area contributed by atoms with Gasteiger partial charge in [0.15, 0.2) is 0 Å². The standard InChI is InChI=1S/C11H18BrN3/c1-4-5-9(12)8-10-6-7-13-11(14-10)15(2)3/h6-7,9H,4-5,8H2,1-3H3. The fourth-order valence-electron chi connectivity index (χ4n) is 1.36. The van der Waals surface area contributed by atoms with E-state index >= 15 is 0 Å². The quantitative estimate of drug-likeness (QED) is 0.772. The van der Waals surface area contributed by atoms with E-state index in [4.69, 9.17) is 0 Å². The minimum atomic E-state index is 0.521. The summed E-state index contributed by atoms with van der Waals surface area (Å²) in [5, 5.41) is 0. The minimum Gasteiger partial charge on any atom is -0.347 e. The molecule has 84 valence electrons. The zero-order chi connectivity index (χ0) is 11.3. The van der Waals surface area contributed by atoms with Crippen LogP contribution in [0.3, 0.4) is 0 Å². The molecule has 0 aromatic carbocycles. The van der Waals surface area contributed by atoms with E-state index < -0.39 is 0 Å². The van der Waals surface area contributed by atoms with Crippen molar-refractivity contribution < 1.29 is 0 Å². The molecular formula is C11H18BrN3. The average Bonchev–Trinajstić information content (AvgIpc) is 2.18. The topological polar surface area (TPSA) is 29.0 Å². The summed E-state index contributed by atoms with van der Waals surface area (Å²) in [5.41, 5.74) is 1.10. The summed E-state index contributed by atoms with van der Waals surface area (Å²) in [6.45, 7) is 2.19. The van der Waals surface area contributed by atoms with Crippen molar-refractivity contribution in [1.29, 1.82) is 0 Å². The first-order chi connectivity index (χ1) is 7.13. The first-order valence-corrected chi connectivity index (χ1v) is 6.18. The smallest absolute Gasteiger partial charge is 0.224 e. The number of aromatic nitrogens is 2. The zero-order valence-electron chi connectivity index (χ0n) is 9.57. The highest BCUT2D eigenvalue weighted by atomic mass is 79.9. The van der Waals surface area contributed by atoms with Gasteiger partial charge in [-0.05, 0) is 12.5 Å². The fraction of sp³-hybridized carbons (Fsp3) is 0.636. The van der Waals surface area contributed by atoms with E-state index in [0.717, 1.165) is 18.1 Å². The lowest BCUT2D eigenvalue weighted by molar-refractivity contribution is 0.731. The van der Waals surface area contributed by atoms with Crippen molar-refractivity contribution in [3.05, 3.63) is 18.0 Å². The number of halogens is 1. The van der Waals surface area contributed by atoms with Gasteiger partial charge in [-0.1, -0.05) is 29.3 Å². The molecule has 0 aliphatic heterocycles. The Kier molecular flexibility index (Phi) is 5.02. The van der Waals surface area contributed by atoms with Crippen molar-refractivity contribution in [1.82, 2.24) is 9.97 Å². The van der Waals surface area contributed by atoms with Gasteiger partial charge in [-0.15, -0.1) is 0 Å². The highest BCUT2D eigenvalue weighted by Crippen LogP contribution is 2.14. The van der Waals surface area contributed by atoms with E-state index in [2.05, 4.69) is 32.8 Å². The Morgan fingerprint density at radius 3 is 2.80 bits per heavy atom. The van der Waals surface area contributed by atoms with Crippen LogP contribution in [0.15, 0.2) is 12.3 Å². The van der Waals surface area contributed by atoms with Crippen molar-refractivity contribution in [2.24, 2.45) is 0 Å². The molecule has 1 atom stereocenters. The number of anilines is 1. The van der Waals surface area contributed by atoms with Gasteiger partial charge in [0.25, 0.3) is 0 Å². The van der Waals surface area contributed by atoms with Gasteiger partial charge in [-0.3, -0.25) is 0 Å². The van der Waals surface area contributed by atoms with Gasteiger partial charge in [0.05, 0.1) is 0 Å². The highest BCUT2D eigenvalue weighted by Gasteiger charge is 2.07. The Bertz CT molecular complexity index is 302. The summed E-state index contributed by atoms with van der Waals surface area (Å²) >= 11 is 3.66. The molecule has 1 unspecified atom stereocenters. The molecule has 0 saturated heterocycles. The van der Waals surface area contributed by atoms with E-state index in [0.29, 0.717) is 4.83 Å². The maximum Gasteiger partial charge on any atom is 0.224 e. The van der Waals surface area contributed by atoms with E-state index in [1.807, 2.05) is 31.3 Å². The molecule has 0 N–H and O–H groups in total. The molecule has 1 aromatic heterocycles. The lowest BCUT2D eigenvalue weighted by atomic mass is 10.1. The predicted octanol–water partition coefficient (Wildman–Crippen LogP) is 2.65. The molecule has 0 saturated carbocycles. The molecule has 4 heteroatoms. The average molecular weight is 272 g/mol. The number of hydrogen-bond acceptors (Lipinski definition) is 3. The molecule has 15 heavy (non-hydrogen) atoms. The Labute approximate surface area is 100 Å². The van der Waals surface area contributed by atoms with E-state index in [9.17, 15) is 0 Å². The van der Waals surface area contributed by atoms with Crippen LogP contribution in [0.25, 0.3) is 0 Å². The molecule has 0 bridgehead atoms. The second-order valence-electron chi connectivity index (χ2n) is 3.83. The van der Waals surface area contributed by atoms with Crippen molar-refractivity contribution in [3.63, 3.8) is 0 Å². The molecule has 0 spiro atoms. The molecule has 0 amide bonds. The van der Waals surface area contributed by atoms with Gasteiger partial charge in [-0.2, -0.15) is 0 Å². The summed E-state index contributed by atoms with van der Waals surface area (Å²) in [7, 11) is 3.91. The van der Waals surface area contributed by atoms with Crippen LogP contribution in [0.1, 0.15) is 25.5 Å². The largest absolute Gasteiger partial charge is 0.347 e. The van der Waals surface area contributed by atoms with E-state index in [1.54, 1.807) is 0 Å². The van der Waals surface area contributed by atoms with Gasteiger partial charge in [0.1, 0.15) is 0 Å². The Balaban J connectivity index is 2.65. The van der Waals surface area contributed by atoms with Gasteiger partial charge in [-0.25, -0.2) is 9.97 Å². The van der Waals surface area contributed by atoms with Crippen LogP contribution >= 0.6 is 15.9 Å². The third-order valence-corrected chi connectivity index (χ3v) is 2.91. The summed E-state index contributed by atoms with van der Waals surface area (Å²) in [4.78, 5) is 11.1. The van der Waals surface area contributed by atoms with Crippen molar-refractivity contribution in [2.75, 3.05) is 19.0 Å². The van der Waals surface area contributed by atoms with Crippen molar-refractivity contribution in [3.8, 4) is 0 Å². The summed E-state index contributed by atoms with van der Waals surface area (Å²) in [6, 6.07) is 1.98. The Morgan fingerprint density at radius 2 is 2.20 bits per heavy atom. The lowest BCUT2D eigenvalue weighted by Crippen LogP contribution is -2.14. The van der Waals surface area contributed by atoms with Crippen LogP contribution in [-0.2, 0) is 6.42 Å². The summed E-state index contributed by atoms with van der Waals surface area (Å²) in [5.74, 6) is 0.781. The zero-order valence-corrected chi connectivity index (χ0v) is 11.2. The Hall–Kier alpha value is -0.640. The molecule has 0 radical (unpaired) electrons. The molecule has 3 nitrogen and oxygen atoms in total. The first-order valence-electron chi connectivity index (χ1n) is 5.26. The number of alkyl halides is 1. The molecular weight excluding hydrogens is 254 g/mol. The molecule has 1 aromatic rings. The monoisotopic (exact) mass is 271 g/mol. The van der Waals surface area contributed by atoms with Crippen molar-refractivity contribution >= 4 is 21.9 Å². The normalized spacial score (nSPS) is 12.5. The highest BCUT2D eigenvalue weighted by molar-refractivity contribution is 9.09. The predicted molar refractivity (Wildman–Crippen MR) is 67.7 cm³/mol. The van der Waals surface area contributed by atoms with Gasteiger partial charge < -0.3 is 4.90 Å². The fourth-order valence-corrected chi connectivity index (χ4v) is 2.15. The van der Waals surface area contributed by atoms with Crippen LogP contribution in [0.2, 0.25) is 0 Å². The third kappa shape index (κ3) is 4.16. The number of nitrogens with zero attached hydrogens (tertiary/aromatic N) is 3. The third-order valence-electron chi connectivity index (χ3n) is 2.13. The second-order valence-corrected chi connectivity index (χ2v) is 5.13. The van der Waals surface area contributed by atoms with E-state index in [1.165, 1.54) is 12.8 Å². The van der Waals surface area contributed by atoms with Gasteiger partial charge >= 0.3 is 0 Å². The molecule has 0 fully saturated rings. The molecule has 0 aliphatic carbocycles. The molecule has 1 heterocycles. The summed E-state index contributed by atoms with van der Waals surface area (Å²) in [6.07, 6.45) is 5.17. The first kappa shape index (κ1) is 12.4. The number of hydrogen-bond donors (Lipinski definition) is 0. The van der Waals surface area contributed by atoms with Crippen LogP contribution in [0, 0.1) is 0 Å². The lowest BCUT2D eigenvalue weighted by Gasteiger charge is -2.12. The van der Waals surface area contributed by atoms with Crippen LogP contribution in [0.4, 0.5) is 5.95 Å². The second kappa shape index (κ2) is 6.05. The van der Waals surface area contributed by atoms with Crippen LogP contribution in [0.5, 0.6) is 0 Å². The van der Waals surface area contributed by atoms with E-state index in [-0.39, 0.29) is 0 Å². The number of rotatable bonds is 5. The maximum absolute atomic E-state index is 4.48. The van der Waals surface area contributed by atoms with Crippen LogP contribution < -0.4 is 4.90 Å². The molecule has 0 aliphatic rings. The summed E-state index contributed by atoms with van der Waals surface area (Å²) < 4.78 is 0. The van der Waals surface area contributed by atoms with Gasteiger partial charge in [0.2, 0.25) is 5.95 Å². The van der Waals surface area contributed by atoms with Crippen LogP contribution in [-0.4, -0.2) is 28.9 Å². The minimum absolute atomic E-state index is 0.521.